The molecule has 3 saturated carbocycles. The number of hydrogen-bond acceptors (Lipinski definition) is 2. The standard InChI is InChI=1S/C13H22O3/c1-12(2)9-5-4-8(10(12)6-9)7-13(3,16)11(14)15/h8-10,16H,4-7H2,1-3H3,(H,14,15). The van der Waals surface area contributed by atoms with Gasteiger partial charge in [-0.2, -0.15) is 0 Å². The van der Waals surface area contributed by atoms with Gasteiger partial charge in [0.1, 0.15) is 0 Å². The zero-order chi connectivity index (χ0) is 12.1. The summed E-state index contributed by atoms with van der Waals surface area (Å²) in [4.78, 5) is 10.9. The van der Waals surface area contributed by atoms with Crippen LogP contribution in [0.4, 0.5) is 0 Å². The average Bonchev–Trinajstić information content (AvgIpc) is 2.16. The van der Waals surface area contributed by atoms with Crippen molar-refractivity contribution in [3.8, 4) is 0 Å². The van der Waals surface area contributed by atoms with E-state index in [9.17, 15) is 9.90 Å². The molecule has 16 heavy (non-hydrogen) atoms. The minimum atomic E-state index is -1.55. The van der Waals surface area contributed by atoms with Crippen LogP contribution in [-0.4, -0.2) is 21.8 Å². The Labute approximate surface area is 96.9 Å². The molecule has 92 valence electrons. The zero-order valence-electron chi connectivity index (χ0n) is 10.4. The predicted octanol–water partition coefficient (Wildman–Crippen LogP) is 2.28. The molecule has 3 aliphatic carbocycles. The number of carboxylic acids is 1. The van der Waals surface area contributed by atoms with Crippen LogP contribution in [0.15, 0.2) is 0 Å². The summed E-state index contributed by atoms with van der Waals surface area (Å²) in [5.74, 6) is 0.721. The van der Waals surface area contributed by atoms with Crippen molar-refractivity contribution in [1.82, 2.24) is 0 Å². The zero-order valence-corrected chi connectivity index (χ0v) is 10.4. The summed E-state index contributed by atoms with van der Waals surface area (Å²) < 4.78 is 0. The van der Waals surface area contributed by atoms with E-state index in [2.05, 4.69) is 13.8 Å². The van der Waals surface area contributed by atoms with Crippen molar-refractivity contribution in [3.05, 3.63) is 0 Å². The Morgan fingerprint density at radius 3 is 2.50 bits per heavy atom. The summed E-state index contributed by atoms with van der Waals surface area (Å²) >= 11 is 0. The smallest absolute Gasteiger partial charge is 0.335 e. The first kappa shape index (κ1) is 11.9. The first-order valence-electron chi connectivity index (χ1n) is 6.21. The van der Waals surface area contributed by atoms with Crippen LogP contribution >= 0.6 is 0 Å². The maximum atomic E-state index is 10.9. The number of carboxylic acid groups (broad SMARTS) is 1. The van der Waals surface area contributed by atoms with Gasteiger partial charge in [-0.15, -0.1) is 0 Å². The minimum absolute atomic E-state index is 0.359. The maximum Gasteiger partial charge on any atom is 0.335 e. The van der Waals surface area contributed by atoms with Crippen LogP contribution < -0.4 is 0 Å². The molecule has 0 spiro atoms. The van der Waals surface area contributed by atoms with Crippen molar-refractivity contribution < 1.29 is 15.0 Å². The van der Waals surface area contributed by atoms with E-state index in [0.717, 1.165) is 12.3 Å². The number of aliphatic hydroxyl groups is 1. The third kappa shape index (κ3) is 1.65. The molecular weight excluding hydrogens is 204 g/mol. The van der Waals surface area contributed by atoms with Gasteiger partial charge in [-0.05, 0) is 55.8 Å². The third-order valence-electron chi connectivity index (χ3n) is 5.12. The van der Waals surface area contributed by atoms with E-state index in [1.165, 1.54) is 19.8 Å². The molecular formula is C13H22O3. The normalized spacial score (nSPS) is 39.6. The van der Waals surface area contributed by atoms with Gasteiger partial charge in [-0.3, -0.25) is 0 Å². The van der Waals surface area contributed by atoms with Crippen LogP contribution in [-0.2, 0) is 4.79 Å². The second-order valence-electron chi connectivity index (χ2n) is 6.48. The first-order chi connectivity index (χ1) is 7.25. The first-order valence-corrected chi connectivity index (χ1v) is 6.21. The number of aliphatic carboxylic acids is 1. The molecule has 0 aromatic rings. The van der Waals surface area contributed by atoms with Crippen LogP contribution in [0.3, 0.4) is 0 Å². The quantitative estimate of drug-likeness (QED) is 0.776. The van der Waals surface area contributed by atoms with E-state index in [-0.39, 0.29) is 0 Å². The molecule has 3 nitrogen and oxygen atoms in total. The molecule has 2 bridgehead atoms. The number of carbonyl (C=O) groups is 1. The van der Waals surface area contributed by atoms with Gasteiger partial charge in [-0.25, -0.2) is 4.79 Å². The van der Waals surface area contributed by atoms with E-state index in [1.54, 1.807) is 0 Å². The summed E-state index contributed by atoms with van der Waals surface area (Å²) in [6, 6.07) is 0. The molecule has 0 aromatic carbocycles. The summed E-state index contributed by atoms with van der Waals surface area (Å²) in [6.07, 6.45) is 3.92. The summed E-state index contributed by atoms with van der Waals surface area (Å²) in [5.41, 5.74) is -1.19. The van der Waals surface area contributed by atoms with Gasteiger partial charge in [0.25, 0.3) is 0 Å². The van der Waals surface area contributed by atoms with Gasteiger partial charge in [0, 0.05) is 0 Å². The highest BCUT2D eigenvalue weighted by Crippen LogP contribution is 2.62. The number of fused-ring (bicyclic) bond motifs is 2. The molecule has 3 aliphatic rings. The molecule has 4 unspecified atom stereocenters. The molecule has 4 atom stereocenters. The summed E-state index contributed by atoms with van der Waals surface area (Å²) in [6.45, 7) is 5.99. The maximum absolute atomic E-state index is 10.9. The van der Waals surface area contributed by atoms with Gasteiger partial charge in [-0.1, -0.05) is 13.8 Å². The molecule has 3 rings (SSSR count). The Morgan fingerprint density at radius 2 is 2.06 bits per heavy atom. The lowest BCUT2D eigenvalue weighted by atomic mass is 9.45. The predicted molar refractivity (Wildman–Crippen MR) is 61.0 cm³/mol. The van der Waals surface area contributed by atoms with E-state index >= 15 is 0 Å². The lowest BCUT2D eigenvalue weighted by molar-refractivity contribution is -0.165. The monoisotopic (exact) mass is 226 g/mol. The second-order valence-corrected chi connectivity index (χ2v) is 6.48. The SMILES string of the molecule is CC(O)(CC1CCC2CC1C2(C)C)C(=O)O. The van der Waals surface area contributed by atoms with E-state index in [1.807, 2.05) is 0 Å². The Bertz CT molecular complexity index is 304. The third-order valence-corrected chi connectivity index (χ3v) is 5.12. The second kappa shape index (κ2) is 3.46. The van der Waals surface area contributed by atoms with Crippen molar-refractivity contribution in [2.75, 3.05) is 0 Å². The topological polar surface area (TPSA) is 57.5 Å². The minimum Gasteiger partial charge on any atom is -0.479 e. The summed E-state index contributed by atoms with van der Waals surface area (Å²) in [7, 11) is 0. The highest BCUT2D eigenvalue weighted by atomic mass is 16.4. The van der Waals surface area contributed by atoms with E-state index in [4.69, 9.17) is 5.11 Å². The fraction of sp³-hybridized carbons (Fsp3) is 0.923. The molecule has 2 N–H and O–H groups in total. The van der Waals surface area contributed by atoms with Crippen molar-refractivity contribution >= 4 is 5.97 Å². The fourth-order valence-electron chi connectivity index (χ4n) is 3.80. The molecule has 0 amide bonds. The number of rotatable bonds is 3. The highest BCUT2D eigenvalue weighted by molar-refractivity contribution is 5.76. The van der Waals surface area contributed by atoms with Crippen molar-refractivity contribution in [2.24, 2.45) is 23.2 Å². The van der Waals surface area contributed by atoms with Crippen molar-refractivity contribution in [3.63, 3.8) is 0 Å². The highest BCUT2D eigenvalue weighted by Gasteiger charge is 2.55. The van der Waals surface area contributed by atoms with Crippen LogP contribution in [0.5, 0.6) is 0 Å². The molecule has 3 fully saturated rings. The van der Waals surface area contributed by atoms with E-state index < -0.39 is 11.6 Å². The van der Waals surface area contributed by atoms with Crippen molar-refractivity contribution in [2.45, 2.75) is 52.1 Å². The Balaban J connectivity index is 2.04. The van der Waals surface area contributed by atoms with Crippen LogP contribution in [0.2, 0.25) is 0 Å². The van der Waals surface area contributed by atoms with Gasteiger partial charge < -0.3 is 10.2 Å². The summed E-state index contributed by atoms with van der Waals surface area (Å²) in [5, 5.41) is 18.8. The van der Waals surface area contributed by atoms with Crippen LogP contribution in [0.1, 0.15) is 46.5 Å². The van der Waals surface area contributed by atoms with Gasteiger partial charge in [0.2, 0.25) is 0 Å². The fourth-order valence-corrected chi connectivity index (χ4v) is 3.80. The molecule has 3 heteroatoms. The molecule has 0 saturated heterocycles. The Kier molecular flexibility index (Phi) is 2.57. The Morgan fingerprint density at radius 1 is 1.44 bits per heavy atom. The van der Waals surface area contributed by atoms with Gasteiger partial charge in [0.15, 0.2) is 5.60 Å². The molecule has 0 radical (unpaired) electrons. The van der Waals surface area contributed by atoms with E-state index in [0.29, 0.717) is 23.7 Å². The van der Waals surface area contributed by atoms with Gasteiger partial charge >= 0.3 is 5.97 Å². The van der Waals surface area contributed by atoms with Crippen molar-refractivity contribution in [1.29, 1.82) is 0 Å². The number of hydrogen-bond donors (Lipinski definition) is 2. The van der Waals surface area contributed by atoms with Gasteiger partial charge in [0.05, 0.1) is 0 Å². The molecule has 0 aliphatic heterocycles. The lowest BCUT2D eigenvalue weighted by Gasteiger charge is -2.60. The largest absolute Gasteiger partial charge is 0.479 e. The molecule has 0 aromatic heterocycles. The molecule has 0 heterocycles. The van der Waals surface area contributed by atoms with Crippen LogP contribution in [0.25, 0.3) is 0 Å². The average molecular weight is 226 g/mol. The van der Waals surface area contributed by atoms with Crippen LogP contribution in [0, 0.1) is 23.2 Å². The lowest BCUT2D eigenvalue weighted by Crippen LogP contribution is -2.54. The Hall–Kier alpha value is -0.570.